The lowest BCUT2D eigenvalue weighted by Gasteiger charge is -2.25. The Labute approximate surface area is 138 Å². The molecule has 0 spiro atoms. The van der Waals surface area contributed by atoms with Crippen LogP contribution in [0.1, 0.15) is 23.7 Å². The monoisotopic (exact) mass is 321 g/mol. The third kappa shape index (κ3) is 2.58. The molecule has 1 unspecified atom stereocenters. The van der Waals surface area contributed by atoms with Crippen LogP contribution in [-0.4, -0.2) is 9.97 Å². The molecule has 5 heteroatoms. The van der Waals surface area contributed by atoms with Crippen molar-refractivity contribution in [1.82, 2.24) is 9.97 Å². The van der Waals surface area contributed by atoms with Gasteiger partial charge in [-0.25, -0.2) is 9.37 Å². The minimum absolute atomic E-state index is 0.0532. The molecule has 1 atom stereocenters. The number of hydrogen-bond donors (Lipinski definition) is 2. The standard InChI is InChI=1S/C19H16FN3O/c20-15-4-2-1-3-14(15)12-5-7-13(8-6-12)16-9-10-17-18(23-16)19(24)22-11-21-17/h1-8,11,16,23H,9-10H2,(H,21,22,24). The molecule has 2 aromatic carbocycles. The van der Waals surface area contributed by atoms with Gasteiger partial charge in [-0.2, -0.15) is 0 Å². The first-order valence-electron chi connectivity index (χ1n) is 7.90. The van der Waals surface area contributed by atoms with Crippen LogP contribution in [-0.2, 0) is 6.42 Å². The lowest BCUT2D eigenvalue weighted by atomic mass is 9.94. The zero-order valence-corrected chi connectivity index (χ0v) is 12.9. The van der Waals surface area contributed by atoms with E-state index >= 15 is 0 Å². The Morgan fingerprint density at radius 1 is 1.08 bits per heavy atom. The number of aromatic nitrogens is 2. The fourth-order valence-corrected chi connectivity index (χ4v) is 3.14. The highest BCUT2D eigenvalue weighted by molar-refractivity contribution is 5.64. The summed E-state index contributed by atoms with van der Waals surface area (Å²) in [5, 5.41) is 3.27. The quantitative estimate of drug-likeness (QED) is 0.757. The van der Waals surface area contributed by atoms with Gasteiger partial charge in [-0.15, -0.1) is 0 Å². The van der Waals surface area contributed by atoms with Gasteiger partial charge in [0.15, 0.2) is 0 Å². The van der Waals surface area contributed by atoms with E-state index < -0.39 is 0 Å². The molecule has 4 nitrogen and oxygen atoms in total. The summed E-state index contributed by atoms with van der Waals surface area (Å²) in [6, 6.07) is 14.6. The van der Waals surface area contributed by atoms with Crippen LogP contribution in [0.15, 0.2) is 59.7 Å². The minimum Gasteiger partial charge on any atom is -0.372 e. The number of rotatable bonds is 2. The van der Waals surface area contributed by atoms with Crippen LogP contribution in [0.4, 0.5) is 10.1 Å². The zero-order chi connectivity index (χ0) is 16.5. The second kappa shape index (κ2) is 5.92. The Kier molecular flexibility index (Phi) is 3.61. The average Bonchev–Trinajstić information content (AvgIpc) is 2.63. The third-order valence-corrected chi connectivity index (χ3v) is 4.42. The van der Waals surface area contributed by atoms with Gasteiger partial charge in [0.25, 0.3) is 5.56 Å². The first-order valence-corrected chi connectivity index (χ1v) is 7.90. The predicted molar refractivity (Wildman–Crippen MR) is 91.4 cm³/mol. The van der Waals surface area contributed by atoms with E-state index in [1.54, 1.807) is 12.1 Å². The van der Waals surface area contributed by atoms with Gasteiger partial charge >= 0.3 is 0 Å². The SMILES string of the molecule is O=c1[nH]cnc2c1NC(c1ccc(-c3ccccc3F)cc1)CC2. The van der Waals surface area contributed by atoms with Crippen molar-refractivity contribution < 1.29 is 4.39 Å². The van der Waals surface area contributed by atoms with Crippen molar-refractivity contribution >= 4 is 5.69 Å². The zero-order valence-electron chi connectivity index (χ0n) is 12.9. The molecule has 0 amide bonds. The highest BCUT2D eigenvalue weighted by Gasteiger charge is 2.22. The molecule has 2 N–H and O–H groups in total. The van der Waals surface area contributed by atoms with Crippen molar-refractivity contribution in [3.05, 3.63) is 82.3 Å². The molecule has 4 rings (SSSR count). The highest BCUT2D eigenvalue weighted by atomic mass is 19.1. The van der Waals surface area contributed by atoms with E-state index in [2.05, 4.69) is 15.3 Å². The maximum absolute atomic E-state index is 13.9. The number of aryl methyl sites for hydroxylation is 1. The summed E-state index contributed by atoms with van der Waals surface area (Å²) >= 11 is 0. The van der Waals surface area contributed by atoms with E-state index in [-0.39, 0.29) is 17.4 Å². The smallest absolute Gasteiger partial charge is 0.274 e. The van der Waals surface area contributed by atoms with Gasteiger partial charge in [0, 0.05) is 5.56 Å². The van der Waals surface area contributed by atoms with Gasteiger partial charge in [-0.1, -0.05) is 42.5 Å². The molecule has 0 saturated heterocycles. The van der Waals surface area contributed by atoms with Gasteiger partial charge in [0.2, 0.25) is 0 Å². The first-order chi connectivity index (χ1) is 11.7. The summed E-state index contributed by atoms with van der Waals surface area (Å²) in [7, 11) is 0. The van der Waals surface area contributed by atoms with Crippen molar-refractivity contribution in [2.24, 2.45) is 0 Å². The summed E-state index contributed by atoms with van der Waals surface area (Å²) in [5.74, 6) is -0.229. The second-order valence-corrected chi connectivity index (χ2v) is 5.89. The van der Waals surface area contributed by atoms with E-state index in [0.29, 0.717) is 11.3 Å². The van der Waals surface area contributed by atoms with Crippen LogP contribution in [0.2, 0.25) is 0 Å². The Morgan fingerprint density at radius 3 is 2.67 bits per heavy atom. The maximum Gasteiger partial charge on any atom is 0.274 e. The van der Waals surface area contributed by atoms with Gasteiger partial charge < -0.3 is 10.3 Å². The minimum atomic E-state index is -0.229. The molecule has 3 aromatic rings. The number of H-pyrrole nitrogens is 1. The number of benzene rings is 2. The second-order valence-electron chi connectivity index (χ2n) is 5.89. The van der Waals surface area contributed by atoms with Crippen molar-refractivity contribution in [2.45, 2.75) is 18.9 Å². The molecule has 0 fully saturated rings. The van der Waals surface area contributed by atoms with E-state index in [1.165, 1.54) is 12.4 Å². The van der Waals surface area contributed by atoms with E-state index in [0.717, 1.165) is 29.7 Å². The predicted octanol–water partition coefficient (Wildman–Crippen LogP) is 3.68. The van der Waals surface area contributed by atoms with E-state index in [4.69, 9.17) is 0 Å². The van der Waals surface area contributed by atoms with Crippen LogP contribution in [0, 0.1) is 5.82 Å². The number of aromatic amines is 1. The van der Waals surface area contributed by atoms with Crippen LogP contribution in [0.3, 0.4) is 0 Å². The molecule has 0 bridgehead atoms. The number of fused-ring (bicyclic) bond motifs is 1. The number of nitrogens with one attached hydrogen (secondary N) is 2. The summed E-state index contributed by atoms with van der Waals surface area (Å²) in [6.45, 7) is 0. The lowest BCUT2D eigenvalue weighted by Crippen LogP contribution is -2.26. The molecule has 0 radical (unpaired) electrons. The largest absolute Gasteiger partial charge is 0.372 e. The van der Waals surface area contributed by atoms with Crippen molar-refractivity contribution in [1.29, 1.82) is 0 Å². The summed E-state index contributed by atoms with van der Waals surface area (Å²) < 4.78 is 13.9. The molecular formula is C19H16FN3O. The van der Waals surface area contributed by atoms with Crippen molar-refractivity contribution in [3.63, 3.8) is 0 Å². The lowest BCUT2D eigenvalue weighted by molar-refractivity contribution is 0.631. The molecule has 2 heterocycles. The van der Waals surface area contributed by atoms with E-state index in [1.807, 2.05) is 30.3 Å². The molecule has 0 saturated carbocycles. The van der Waals surface area contributed by atoms with Crippen molar-refractivity contribution in [2.75, 3.05) is 5.32 Å². The highest BCUT2D eigenvalue weighted by Crippen LogP contribution is 2.31. The molecule has 1 aliphatic rings. The Hall–Kier alpha value is -2.95. The Bertz CT molecular complexity index is 934. The molecule has 24 heavy (non-hydrogen) atoms. The van der Waals surface area contributed by atoms with Gasteiger partial charge in [0.1, 0.15) is 11.5 Å². The maximum atomic E-state index is 13.9. The van der Waals surface area contributed by atoms with Crippen LogP contribution in [0.5, 0.6) is 0 Å². The topological polar surface area (TPSA) is 57.8 Å². The molecular weight excluding hydrogens is 305 g/mol. The summed E-state index contributed by atoms with van der Waals surface area (Å²) in [4.78, 5) is 18.7. The fourth-order valence-electron chi connectivity index (χ4n) is 3.14. The van der Waals surface area contributed by atoms with Crippen molar-refractivity contribution in [3.8, 4) is 11.1 Å². The Morgan fingerprint density at radius 2 is 1.88 bits per heavy atom. The van der Waals surface area contributed by atoms with E-state index in [9.17, 15) is 9.18 Å². The van der Waals surface area contributed by atoms with Gasteiger partial charge in [-0.05, 0) is 30.0 Å². The number of halogens is 1. The average molecular weight is 321 g/mol. The summed E-state index contributed by atoms with van der Waals surface area (Å²) in [6.07, 6.45) is 3.06. The molecule has 1 aliphatic heterocycles. The number of anilines is 1. The molecule has 0 aliphatic carbocycles. The van der Waals surface area contributed by atoms with Gasteiger partial charge in [0.05, 0.1) is 18.1 Å². The number of nitrogens with zero attached hydrogens (tertiary/aromatic N) is 1. The third-order valence-electron chi connectivity index (χ3n) is 4.42. The normalized spacial score (nSPS) is 16.3. The molecule has 120 valence electrons. The molecule has 1 aromatic heterocycles. The van der Waals surface area contributed by atoms with Crippen LogP contribution >= 0.6 is 0 Å². The summed E-state index contributed by atoms with van der Waals surface area (Å²) in [5.41, 5.74) is 3.71. The number of hydrogen-bond acceptors (Lipinski definition) is 3. The van der Waals surface area contributed by atoms with Gasteiger partial charge in [-0.3, -0.25) is 4.79 Å². The van der Waals surface area contributed by atoms with Crippen LogP contribution < -0.4 is 10.9 Å². The Balaban J connectivity index is 1.61. The van der Waals surface area contributed by atoms with Crippen LogP contribution in [0.25, 0.3) is 11.1 Å². The first kappa shape index (κ1) is 14.6. The fraction of sp³-hybridized carbons (Fsp3) is 0.158.